The molecule has 0 saturated carbocycles. The summed E-state index contributed by atoms with van der Waals surface area (Å²) in [5, 5.41) is 24.5. The third-order valence-corrected chi connectivity index (χ3v) is 2.49. The van der Waals surface area contributed by atoms with Crippen molar-refractivity contribution in [1.29, 1.82) is 0 Å². The van der Waals surface area contributed by atoms with E-state index in [9.17, 15) is 20.2 Å². The first-order valence-electron chi connectivity index (χ1n) is 5.67. The molecule has 0 aliphatic carbocycles. The molecule has 0 heterocycles. The second kappa shape index (κ2) is 7.39. The number of benzene rings is 1. The Bertz CT molecular complexity index is 464. The molecule has 0 unspecified atom stereocenters. The van der Waals surface area contributed by atoms with E-state index < -0.39 is 9.85 Å². The number of nitro benzene ring substituents is 2. The lowest BCUT2D eigenvalue weighted by Crippen LogP contribution is -2.17. The maximum absolute atomic E-state index is 10.9. The molecule has 104 valence electrons. The number of hydrogen-bond acceptors (Lipinski definition) is 6. The lowest BCUT2D eigenvalue weighted by Gasteiger charge is -2.05. The van der Waals surface area contributed by atoms with Gasteiger partial charge in [0, 0.05) is 31.9 Å². The van der Waals surface area contributed by atoms with Crippen LogP contribution < -0.4 is 5.32 Å². The monoisotopic (exact) mass is 269 g/mol. The van der Waals surface area contributed by atoms with Gasteiger partial charge in [-0.1, -0.05) is 0 Å². The van der Waals surface area contributed by atoms with E-state index >= 15 is 0 Å². The number of nitrogens with zero attached hydrogens (tertiary/aromatic N) is 2. The van der Waals surface area contributed by atoms with Crippen molar-refractivity contribution in [2.75, 3.05) is 20.3 Å². The smallest absolute Gasteiger partial charge is 0.280 e. The van der Waals surface area contributed by atoms with E-state index in [2.05, 4.69) is 5.32 Å². The molecular formula is C11H15N3O5. The van der Waals surface area contributed by atoms with Gasteiger partial charge in [0.05, 0.1) is 15.9 Å². The predicted octanol–water partition coefficient (Wildman–Crippen LogP) is 1.63. The minimum Gasteiger partial charge on any atom is -0.385 e. The second-order valence-electron chi connectivity index (χ2n) is 3.85. The molecule has 0 aromatic heterocycles. The first-order chi connectivity index (χ1) is 9.06. The van der Waals surface area contributed by atoms with Crippen molar-refractivity contribution in [1.82, 2.24) is 5.32 Å². The van der Waals surface area contributed by atoms with Crippen LogP contribution in [0.4, 0.5) is 11.4 Å². The second-order valence-corrected chi connectivity index (χ2v) is 3.85. The van der Waals surface area contributed by atoms with Crippen LogP contribution >= 0.6 is 0 Å². The fourth-order valence-corrected chi connectivity index (χ4v) is 1.55. The average Bonchev–Trinajstić information content (AvgIpc) is 2.38. The first kappa shape index (κ1) is 15.0. The van der Waals surface area contributed by atoms with Crippen LogP contribution in [0, 0.1) is 20.2 Å². The zero-order valence-electron chi connectivity index (χ0n) is 10.5. The van der Waals surface area contributed by atoms with E-state index in [0.717, 1.165) is 12.5 Å². The lowest BCUT2D eigenvalue weighted by molar-refractivity contribution is -0.394. The fraction of sp³-hybridized carbons (Fsp3) is 0.455. The van der Waals surface area contributed by atoms with Crippen molar-refractivity contribution >= 4 is 11.4 Å². The molecule has 0 fully saturated rings. The topological polar surface area (TPSA) is 108 Å². The highest BCUT2D eigenvalue weighted by Gasteiger charge is 2.18. The van der Waals surface area contributed by atoms with Crippen LogP contribution in [0.25, 0.3) is 0 Å². The highest BCUT2D eigenvalue weighted by Crippen LogP contribution is 2.24. The predicted molar refractivity (Wildman–Crippen MR) is 68.0 cm³/mol. The zero-order chi connectivity index (χ0) is 14.3. The molecule has 1 aromatic rings. The molecule has 0 atom stereocenters. The number of ether oxygens (including phenoxy) is 1. The third kappa shape index (κ3) is 4.60. The Hall–Kier alpha value is -2.06. The van der Waals surface area contributed by atoms with Gasteiger partial charge in [0.2, 0.25) is 0 Å². The molecular weight excluding hydrogens is 254 g/mol. The van der Waals surface area contributed by atoms with Crippen LogP contribution in [0.3, 0.4) is 0 Å². The zero-order valence-corrected chi connectivity index (χ0v) is 10.5. The standard InChI is InChI=1S/C11H15N3O5/c1-19-6-2-5-12-8-9-3-4-10(13(15)16)7-11(9)14(17)18/h3-4,7,12H,2,5-6,8H2,1H3. The average molecular weight is 269 g/mol. The van der Waals surface area contributed by atoms with Crippen LogP contribution in [0.1, 0.15) is 12.0 Å². The Morgan fingerprint density at radius 1 is 1.26 bits per heavy atom. The number of non-ortho nitro benzene ring substituents is 1. The van der Waals surface area contributed by atoms with Crippen LogP contribution in [0.2, 0.25) is 0 Å². The summed E-state index contributed by atoms with van der Waals surface area (Å²) in [6, 6.07) is 3.64. The Morgan fingerprint density at radius 3 is 2.58 bits per heavy atom. The van der Waals surface area contributed by atoms with Crippen molar-refractivity contribution in [2.45, 2.75) is 13.0 Å². The molecule has 0 bridgehead atoms. The molecule has 1 aromatic carbocycles. The van der Waals surface area contributed by atoms with Gasteiger partial charge in [0.15, 0.2) is 0 Å². The molecule has 0 saturated heterocycles. The minimum absolute atomic E-state index is 0.242. The van der Waals surface area contributed by atoms with Crippen LogP contribution in [0.15, 0.2) is 18.2 Å². The third-order valence-electron chi connectivity index (χ3n) is 2.49. The van der Waals surface area contributed by atoms with E-state index in [4.69, 9.17) is 4.74 Å². The summed E-state index contributed by atoms with van der Waals surface area (Å²) in [5.41, 5.74) is -0.101. The molecule has 0 radical (unpaired) electrons. The molecule has 19 heavy (non-hydrogen) atoms. The van der Waals surface area contributed by atoms with Crippen LogP contribution in [-0.4, -0.2) is 30.1 Å². The summed E-state index contributed by atoms with van der Waals surface area (Å²) in [6.07, 6.45) is 0.789. The number of nitro groups is 2. The highest BCUT2D eigenvalue weighted by molar-refractivity contribution is 5.49. The summed E-state index contributed by atoms with van der Waals surface area (Å²) < 4.78 is 4.87. The molecule has 1 rings (SSSR count). The Morgan fingerprint density at radius 2 is 2.00 bits per heavy atom. The van der Waals surface area contributed by atoms with Gasteiger partial charge in [-0.25, -0.2) is 0 Å². The highest BCUT2D eigenvalue weighted by atomic mass is 16.6. The molecule has 0 aliphatic rings. The van der Waals surface area contributed by atoms with Crippen molar-refractivity contribution in [3.8, 4) is 0 Å². The summed E-state index contributed by atoms with van der Waals surface area (Å²) in [6.45, 7) is 1.55. The Kier molecular flexibility index (Phi) is 5.83. The van der Waals surface area contributed by atoms with Gasteiger partial charge in [0.25, 0.3) is 11.4 Å². The number of nitrogens with one attached hydrogen (secondary N) is 1. The van der Waals surface area contributed by atoms with Gasteiger partial charge < -0.3 is 10.1 Å². The minimum atomic E-state index is -0.650. The molecule has 8 heteroatoms. The molecule has 0 amide bonds. The lowest BCUT2D eigenvalue weighted by atomic mass is 10.1. The van der Waals surface area contributed by atoms with E-state index in [-0.39, 0.29) is 17.9 Å². The molecule has 8 nitrogen and oxygen atoms in total. The summed E-state index contributed by atoms with van der Waals surface area (Å²) >= 11 is 0. The first-order valence-corrected chi connectivity index (χ1v) is 5.67. The number of hydrogen-bond donors (Lipinski definition) is 1. The largest absolute Gasteiger partial charge is 0.385 e. The Labute approximate surface area is 109 Å². The van der Waals surface area contributed by atoms with Gasteiger partial charge in [-0.05, 0) is 19.0 Å². The number of rotatable bonds is 8. The SMILES string of the molecule is COCCCNCc1ccc([N+](=O)[O-])cc1[N+](=O)[O-]. The van der Waals surface area contributed by atoms with E-state index in [1.54, 1.807) is 7.11 Å². The number of methoxy groups -OCH3 is 1. The van der Waals surface area contributed by atoms with Crippen molar-refractivity contribution in [3.63, 3.8) is 0 Å². The molecule has 0 aliphatic heterocycles. The van der Waals surface area contributed by atoms with Crippen molar-refractivity contribution in [3.05, 3.63) is 44.0 Å². The Balaban J connectivity index is 2.71. The van der Waals surface area contributed by atoms with Gasteiger partial charge in [-0.2, -0.15) is 0 Å². The van der Waals surface area contributed by atoms with Crippen LogP contribution in [0.5, 0.6) is 0 Å². The maximum atomic E-state index is 10.9. The van der Waals surface area contributed by atoms with Gasteiger partial charge in [0.1, 0.15) is 0 Å². The van der Waals surface area contributed by atoms with Crippen LogP contribution in [-0.2, 0) is 11.3 Å². The summed E-state index contributed by atoms with van der Waals surface area (Å²) in [4.78, 5) is 20.2. The maximum Gasteiger partial charge on any atom is 0.280 e. The van der Waals surface area contributed by atoms with Gasteiger partial charge >= 0.3 is 0 Å². The van der Waals surface area contributed by atoms with E-state index in [1.807, 2.05) is 0 Å². The summed E-state index contributed by atoms with van der Waals surface area (Å²) in [5.74, 6) is 0. The summed E-state index contributed by atoms with van der Waals surface area (Å²) in [7, 11) is 1.60. The van der Waals surface area contributed by atoms with E-state index in [1.165, 1.54) is 12.1 Å². The normalized spacial score (nSPS) is 10.4. The van der Waals surface area contributed by atoms with Crippen molar-refractivity contribution < 1.29 is 14.6 Å². The van der Waals surface area contributed by atoms with Gasteiger partial charge in [-0.3, -0.25) is 20.2 Å². The molecule has 0 spiro atoms. The fourth-order valence-electron chi connectivity index (χ4n) is 1.55. The van der Waals surface area contributed by atoms with Crippen molar-refractivity contribution in [2.24, 2.45) is 0 Å². The van der Waals surface area contributed by atoms with Gasteiger partial charge in [-0.15, -0.1) is 0 Å². The van der Waals surface area contributed by atoms with E-state index in [0.29, 0.717) is 18.7 Å². The molecule has 1 N–H and O–H groups in total. The quantitative estimate of drug-likeness (QED) is 0.436.